The highest BCUT2D eigenvalue weighted by Gasteiger charge is 2.17. The van der Waals surface area contributed by atoms with Crippen molar-refractivity contribution in [3.8, 4) is 5.75 Å². The monoisotopic (exact) mass is 429 g/mol. The van der Waals surface area contributed by atoms with Gasteiger partial charge in [0.15, 0.2) is 0 Å². The van der Waals surface area contributed by atoms with E-state index in [0.29, 0.717) is 5.56 Å². The molecule has 3 rings (SSSR count). The van der Waals surface area contributed by atoms with E-state index in [0.717, 1.165) is 11.1 Å². The minimum atomic E-state index is -4.02. The van der Waals surface area contributed by atoms with Crippen LogP contribution < -0.4 is 5.73 Å². The molecule has 0 aliphatic rings. The second-order valence-corrected chi connectivity index (χ2v) is 7.87. The van der Waals surface area contributed by atoms with E-state index in [1.165, 1.54) is 24.3 Å². The van der Waals surface area contributed by atoms with Crippen LogP contribution in [0.15, 0.2) is 83.8 Å². The van der Waals surface area contributed by atoms with Crippen LogP contribution in [-0.2, 0) is 26.3 Å². The summed E-state index contributed by atoms with van der Waals surface area (Å²) in [4.78, 5) is 11.7. The molecule has 0 aliphatic heterocycles. The zero-order valence-electron chi connectivity index (χ0n) is 16.3. The molecule has 30 heavy (non-hydrogen) atoms. The molecule has 0 aromatic heterocycles. The van der Waals surface area contributed by atoms with E-state index in [1.807, 2.05) is 37.3 Å². The van der Waals surface area contributed by atoms with E-state index in [-0.39, 0.29) is 17.3 Å². The van der Waals surface area contributed by atoms with Gasteiger partial charge in [0, 0.05) is 0 Å². The number of phenols is 1. The third-order valence-electron chi connectivity index (χ3n) is 4.05. The molecule has 3 aromatic carbocycles. The van der Waals surface area contributed by atoms with Crippen LogP contribution in [-0.4, -0.2) is 24.0 Å². The number of carbonyl (C=O) groups is 1. The number of rotatable bonds is 5. The minimum absolute atomic E-state index is 0.0666. The molecule has 8 heteroatoms. The smallest absolute Gasteiger partial charge is 0.327 e. The standard InChI is InChI=1S/C15H15NO3.C7H8O3S/c16-14(12-6-8-13(17)9-7-12)15(18)19-10-11-4-2-1-3-5-11;1-6-2-4-7(5-3-6)11(8,9)10/h1-9,14,17H,10,16H2;2-5H,1H3,(H,8,9,10)/t14-;/m1./s1. The van der Waals surface area contributed by atoms with Crippen molar-refractivity contribution >= 4 is 16.1 Å². The van der Waals surface area contributed by atoms with Crippen molar-refractivity contribution in [3.63, 3.8) is 0 Å². The SMILES string of the molecule is Cc1ccc(S(=O)(=O)O)cc1.N[C@@H](C(=O)OCc1ccccc1)c1ccc(O)cc1. The summed E-state index contributed by atoms with van der Waals surface area (Å²) < 4.78 is 34.7. The first-order valence-corrected chi connectivity index (χ1v) is 10.4. The Balaban J connectivity index is 0.000000248. The Bertz CT molecular complexity index is 1050. The van der Waals surface area contributed by atoms with E-state index in [4.69, 9.17) is 15.0 Å². The van der Waals surface area contributed by atoms with Crippen molar-refractivity contribution in [1.29, 1.82) is 0 Å². The van der Waals surface area contributed by atoms with Gasteiger partial charge in [-0.25, -0.2) is 4.79 Å². The van der Waals surface area contributed by atoms with Gasteiger partial charge in [-0.15, -0.1) is 0 Å². The van der Waals surface area contributed by atoms with Gasteiger partial charge in [-0.1, -0.05) is 60.2 Å². The van der Waals surface area contributed by atoms with Gasteiger partial charge in [0.1, 0.15) is 18.4 Å². The maximum Gasteiger partial charge on any atom is 0.327 e. The fourth-order valence-electron chi connectivity index (χ4n) is 2.35. The molecule has 0 heterocycles. The fraction of sp³-hybridized carbons (Fsp3) is 0.136. The summed E-state index contributed by atoms with van der Waals surface area (Å²) in [6, 6.07) is 20.7. The van der Waals surface area contributed by atoms with E-state index in [9.17, 15) is 18.3 Å². The van der Waals surface area contributed by atoms with E-state index >= 15 is 0 Å². The maximum absolute atomic E-state index is 11.8. The molecule has 0 saturated carbocycles. The quantitative estimate of drug-likeness (QED) is 0.419. The van der Waals surface area contributed by atoms with Crippen LogP contribution in [0, 0.1) is 6.92 Å². The number of aromatic hydroxyl groups is 1. The van der Waals surface area contributed by atoms with Gasteiger partial charge < -0.3 is 15.6 Å². The zero-order chi connectivity index (χ0) is 22.1. The second-order valence-electron chi connectivity index (χ2n) is 6.45. The van der Waals surface area contributed by atoms with Gasteiger partial charge in [0.25, 0.3) is 10.1 Å². The van der Waals surface area contributed by atoms with Crippen LogP contribution >= 0.6 is 0 Å². The van der Waals surface area contributed by atoms with Gasteiger partial charge >= 0.3 is 5.97 Å². The van der Waals surface area contributed by atoms with Crippen LogP contribution in [0.5, 0.6) is 5.75 Å². The number of nitrogens with two attached hydrogens (primary N) is 1. The first kappa shape index (κ1) is 23.1. The van der Waals surface area contributed by atoms with Crippen molar-refractivity contribution in [1.82, 2.24) is 0 Å². The van der Waals surface area contributed by atoms with E-state index < -0.39 is 22.1 Å². The van der Waals surface area contributed by atoms with Crippen LogP contribution in [0.4, 0.5) is 0 Å². The number of hydrogen-bond acceptors (Lipinski definition) is 6. The van der Waals surface area contributed by atoms with E-state index in [1.54, 1.807) is 24.3 Å². The highest BCUT2D eigenvalue weighted by molar-refractivity contribution is 7.85. The Morgan fingerprint density at radius 2 is 1.53 bits per heavy atom. The number of aryl methyl sites for hydroxylation is 1. The summed E-state index contributed by atoms with van der Waals surface area (Å²) in [5, 5.41) is 9.17. The number of phenolic OH excluding ortho intramolecular Hbond substituents is 1. The van der Waals surface area contributed by atoms with Crippen molar-refractivity contribution in [2.45, 2.75) is 24.5 Å². The molecule has 0 radical (unpaired) electrons. The largest absolute Gasteiger partial charge is 0.508 e. The van der Waals surface area contributed by atoms with Crippen molar-refractivity contribution < 1.29 is 27.6 Å². The van der Waals surface area contributed by atoms with Gasteiger partial charge in [0.2, 0.25) is 0 Å². The Hall–Kier alpha value is -3.20. The average Bonchev–Trinajstić information content (AvgIpc) is 2.73. The molecule has 0 bridgehead atoms. The molecule has 0 saturated heterocycles. The number of carbonyl (C=O) groups excluding carboxylic acids is 1. The average molecular weight is 429 g/mol. The number of ether oxygens (including phenoxy) is 1. The number of hydrogen-bond donors (Lipinski definition) is 3. The Morgan fingerprint density at radius 1 is 0.967 bits per heavy atom. The molecule has 158 valence electrons. The molecule has 0 fully saturated rings. The van der Waals surface area contributed by atoms with Crippen LogP contribution in [0.1, 0.15) is 22.7 Å². The predicted octanol–water partition coefficient (Wildman–Crippen LogP) is 3.38. The third kappa shape index (κ3) is 7.32. The maximum atomic E-state index is 11.8. The molecular weight excluding hydrogens is 406 g/mol. The molecule has 0 aliphatic carbocycles. The molecule has 7 nitrogen and oxygen atoms in total. The minimum Gasteiger partial charge on any atom is -0.508 e. The lowest BCUT2D eigenvalue weighted by atomic mass is 10.1. The molecule has 1 atom stereocenters. The summed E-state index contributed by atoms with van der Waals surface area (Å²) in [7, 11) is -4.02. The number of benzene rings is 3. The Kier molecular flexibility index (Phi) is 8.11. The third-order valence-corrected chi connectivity index (χ3v) is 4.92. The molecule has 0 spiro atoms. The Morgan fingerprint density at radius 3 is 2.07 bits per heavy atom. The van der Waals surface area contributed by atoms with Crippen molar-refractivity contribution in [3.05, 3.63) is 95.6 Å². The lowest BCUT2D eigenvalue weighted by Crippen LogP contribution is -2.23. The molecule has 0 amide bonds. The fourth-order valence-corrected chi connectivity index (χ4v) is 2.83. The summed E-state index contributed by atoms with van der Waals surface area (Å²) >= 11 is 0. The first-order valence-electron chi connectivity index (χ1n) is 8.96. The summed E-state index contributed by atoms with van der Waals surface area (Å²) in [6.07, 6.45) is 0. The highest BCUT2D eigenvalue weighted by atomic mass is 32.2. The van der Waals surface area contributed by atoms with Crippen LogP contribution in [0.2, 0.25) is 0 Å². The van der Waals surface area contributed by atoms with Gasteiger partial charge in [0.05, 0.1) is 4.90 Å². The lowest BCUT2D eigenvalue weighted by molar-refractivity contribution is -0.146. The summed E-state index contributed by atoms with van der Waals surface area (Å²) in [5.74, 6) is -0.358. The molecular formula is C22H23NO6S. The van der Waals surface area contributed by atoms with Gasteiger partial charge in [-0.2, -0.15) is 8.42 Å². The van der Waals surface area contributed by atoms with Gasteiger partial charge in [-0.3, -0.25) is 4.55 Å². The van der Waals surface area contributed by atoms with Gasteiger partial charge in [-0.05, 0) is 42.3 Å². The highest BCUT2D eigenvalue weighted by Crippen LogP contribution is 2.16. The first-order chi connectivity index (χ1) is 14.2. The predicted molar refractivity (Wildman–Crippen MR) is 112 cm³/mol. The molecule has 0 unspecified atom stereocenters. The summed E-state index contributed by atoms with van der Waals surface area (Å²) in [5.41, 5.74) is 8.27. The van der Waals surface area contributed by atoms with Crippen molar-refractivity contribution in [2.24, 2.45) is 5.73 Å². The topological polar surface area (TPSA) is 127 Å². The number of esters is 1. The van der Waals surface area contributed by atoms with Crippen molar-refractivity contribution in [2.75, 3.05) is 0 Å². The summed E-state index contributed by atoms with van der Waals surface area (Å²) in [6.45, 7) is 2.04. The molecule has 4 N–H and O–H groups in total. The second kappa shape index (κ2) is 10.5. The Labute approximate surface area is 175 Å². The van der Waals surface area contributed by atoms with Crippen LogP contribution in [0.25, 0.3) is 0 Å². The van der Waals surface area contributed by atoms with Crippen LogP contribution in [0.3, 0.4) is 0 Å². The normalized spacial score (nSPS) is 11.7. The molecule has 3 aromatic rings. The lowest BCUT2D eigenvalue weighted by Gasteiger charge is -2.12. The zero-order valence-corrected chi connectivity index (χ0v) is 17.1. The van der Waals surface area contributed by atoms with E-state index in [2.05, 4.69) is 0 Å².